The Morgan fingerprint density at radius 1 is 1.14 bits per heavy atom. The van der Waals surface area contributed by atoms with Crippen molar-refractivity contribution >= 4 is 5.65 Å². The van der Waals surface area contributed by atoms with Gasteiger partial charge in [-0.15, -0.1) is 0 Å². The van der Waals surface area contributed by atoms with Gasteiger partial charge in [0, 0.05) is 12.4 Å². The van der Waals surface area contributed by atoms with Crippen molar-refractivity contribution in [1.82, 2.24) is 9.38 Å². The highest BCUT2D eigenvalue weighted by molar-refractivity contribution is 5.55. The standard InChI is InChI=1S/C16H14F2N2O/c1-10-6-15(16-19-11(2)8-20(16)7-10)21-9-12-13(17)4-3-5-14(12)18/h3-8H,9H2,1-2H3. The van der Waals surface area contributed by atoms with Crippen molar-refractivity contribution in [3.8, 4) is 5.75 Å². The molecule has 0 aliphatic rings. The van der Waals surface area contributed by atoms with Crippen LogP contribution in [0.25, 0.3) is 5.65 Å². The van der Waals surface area contributed by atoms with Crippen LogP contribution in [0.2, 0.25) is 0 Å². The maximum atomic E-state index is 13.6. The van der Waals surface area contributed by atoms with Crippen LogP contribution in [0.15, 0.2) is 36.7 Å². The average Bonchev–Trinajstić information content (AvgIpc) is 2.78. The van der Waals surface area contributed by atoms with Crippen molar-refractivity contribution in [3.05, 3.63) is 65.1 Å². The molecule has 0 saturated heterocycles. The Kier molecular flexibility index (Phi) is 3.33. The summed E-state index contributed by atoms with van der Waals surface area (Å²) < 4.78 is 34.7. The molecule has 0 aliphatic heterocycles. The van der Waals surface area contributed by atoms with E-state index in [1.807, 2.05) is 30.6 Å². The molecule has 1 aromatic carbocycles. The lowest BCUT2D eigenvalue weighted by Gasteiger charge is -2.10. The van der Waals surface area contributed by atoms with Crippen molar-refractivity contribution in [2.45, 2.75) is 20.5 Å². The van der Waals surface area contributed by atoms with Crippen molar-refractivity contribution < 1.29 is 13.5 Å². The Bertz CT molecular complexity index is 791. The predicted octanol–water partition coefficient (Wildman–Crippen LogP) is 3.81. The molecule has 21 heavy (non-hydrogen) atoms. The molecular weight excluding hydrogens is 274 g/mol. The first-order chi connectivity index (χ1) is 10.0. The molecule has 5 heteroatoms. The zero-order valence-corrected chi connectivity index (χ0v) is 11.7. The van der Waals surface area contributed by atoms with E-state index >= 15 is 0 Å². The van der Waals surface area contributed by atoms with Crippen LogP contribution in [0.3, 0.4) is 0 Å². The molecule has 2 aromatic heterocycles. The largest absolute Gasteiger partial charge is 0.485 e. The molecule has 0 atom stereocenters. The van der Waals surface area contributed by atoms with E-state index < -0.39 is 11.6 Å². The molecule has 3 nitrogen and oxygen atoms in total. The Balaban J connectivity index is 1.95. The van der Waals surface area contributed by atoms with Crippen LogP contribution in [0.4, 0.5) is 8.78 Å². The molecule has 0 fully saturated rings. The third-order valence-electron chi connectivity index (χ3n) is 3.21. The van der Waals surface area contributed by atoms with Crippen LogP contribution >= 0.6 is 0 Å². The van der Waals surface area contributed by atoms with Crippen LogP contribution in [0.1, 0.15) is 16.8 Å². The molecule has 0 aliphatic carbocycles. The number of pyridine rings is 1. The summed E-state index contributed by atoms with van der Waals surface area (Å²) in [4.78, 5) is 4.36. The maximum Gasteiger partial charge on any atom is 0.179 e. The Hall–Kier alpha value is -2.43. The van der Waals surface area contributed by atoms with Crippen LogP contribution in [-0.4, -0.2) is 9.38 Å². The zero-order valence-electron chi connectivity index (χ0n) is 11.7. The van der Waals surface area contributed by atoms with E-state index in [0.717, 1.165) is 11.3 Å². The lowest BCUT2D eigenvalue weighted by atomic mass is 10.2. The summed E-state index contributed by atoms with van der Waals surface area (Å²) in [6.07, 6.45) is 3.80. The average molecular weight is 288 g/mol. The summed E-state index contributed by atoms with van der Waals surface area (Å²) in [6, 6.07) is 5.57. The zero-order chi connectivity index (χ0) is 15.0. The van der Waals surface area contributed by atoms with Gasteiger partial charge in [-0.2, -0.15) is 0 Å². The summed E-state index contributed by atoms with van der Waals surface area (Å²) in [5.74, 6) is -0.720. The summed E-state index contributed by atoms with van der Waals surface area (Å²) in [5.41, 5.74) is 2.38. The summed E-state index contributed by atoms with van der Waals surface area (Å²) in [5, 5.41) is 0. The van der Waals surface area contributed by atoms with Crippen molar-refractivity contribution in [2.75, 3.05) is 0 Å². The van der Waals surface area contributed by atoms with Crippen molar-refractivity contribution in [3.63, 3.8) is 0 Å². The molecular formula is C16H14F2N2O. The number of hydrogen-bond acceptors (Lipinski definition) is 2. The quantitative estimate of drug-likeness (QED) is 0.732. The fraction of sp³-hybridized carbons (Fsp3) is 0.188. The number of rotatable bonds is 3. The third-order valence-corrected chi connectivity index (χ3v) is 3.21. The van der Waals surface area contributed by atoms with Crippen molar-refractivity contribution in [2.24, 2.45) is 0 Å². The number of fused-ring (bicyclic) bond motifs is 1. The third kappa shape index (κ3) is 2.59. The SMILES string of the molecule is Cc1cc(OCc2c(F)cccc2F)c2nc(C)cn2c1. The highest BCUT2D eigenvalue weighted by atomic mass is 19.1. The number of benzene rings is 1. The molecule has 0 saturated carbocycles. The van der Waals surface area contributed by atoms with Gasteiger partial charge in [0.05, 0.1) is 11.3 Å². The number of hydrogen-bond donors (Lipinski definition) is 0. The fourth-order valence-corrected chi connectivity index (χ4v) is 2.25. The first-order valence-corrected chi connectivity index (χ1v) is 6.56. The Labute approximate surface area is 120 Å². The summed E-state index contributed by atoms with van der Waals surface area (Å²) in [7, 11) is 0. The normalized spacial score (nSPS) is 11.0. The second-order valence-corrected chi connectivity index (χ2v) is 4.98. The van der Waals surface area contributed by atoms with Gasteiger partial charge in [-0.3, -0.25) is 0 Å². The molecule has 0 bridgehead atoms. The number of aromatic nitrogens is 2. The number of ether oxygens (including phenoxy) is 1. The fourth-order valence-electron chi connectivity index (χ4n) is 2.25. The maximum absolute atomic E-state index is 13.6. The van der Waals surface area contributed by atoms with Crippen LogP contribution in [-0.2, 0) is 6.61 Å². The van der Waals surface area contributed by atoms with Crippen molar-refractivity contribution in [1.29, 1.82) is 0 Å². The minimum absolute atomic E-state index is 0.0829. The van der Waals surface area contributed by atoms with Gasteiger partial charge in [0.1, 0.15) is 18.2 Å². The minimum Gasteiger partial charge on any atom is -0.485 e. The van der Waals surface area contributed by atoms with Gasteiger partial charge in [0.2, 0.25) is 0 Å². The summed E-state index contributed by atoms with van der Waals surface area (Å²) in [6.45, 7) is 3.62. The summed E-state index contributed by atoms with van der Waals surface area (Å²) >= 11 is 0. The van der Waals surface area contributed by atoms with Gasteiger partial charge in [-0.1, -0.05) is 6.07 Å². The number of nitrogens with zero attached hydrogens (tertiary/aromatic N) is 2. The smallest absolute Gasteiger partial charge is 0.179 e. The van der Waals surface area contributed by atoms with Gasteiger partial charge < -0.3 is 9.14 Å². The highest BCUT2D eigenvalue weighted by Gasteiger charge is 2.12. The molecule has 0 N–H and O–H groups in total. The Morgan fingerprint density at radius 2 is 1.86 bits per heavy atom. The lowest BCUT2D eigenvalue weighted by Crippen LogP contribution is -2.03. The van der Waals surface area contributed by atoms with Gasteiger partial charge in [0.25, 0.3) is 0 Å². The molecule has 0 radical (unpaired) electrons. The number of halogens is 2. The van der Waals surface area contributed by atoms with Gasteiger partial charge in [-0.25, -0.2) is 13.8 Å². The first-order valence-electron chi connectivity index (χ1n) is 6.56. The molecule has 0 spiro atoms. The minimum atomic E-state index is -0.613. The van der Waals surface area contributed by atoms with E-state index in [9.17, 15) is 8.78 Å². The van der Waals surface area contributed by atoms with E-state index in [0.29, 0.717) is 11.4 Å². The molecule has 3 rings (SSSR count). The second-order valence-electron chi connectivity index (χ2n) is 4.98. The Morgan fingerprint density at radius 3 is 2.57 bits per heavy atom. The van der Waals surface area contributed by atoms with Crippen LogP contribution in [0.5, 0.6) is 5.75 Å². The second kappa shape index (κ2) is 5.16. The topological polar surface area (TPSA) is 26.5 Å². The van der Waals surface area contributed by atoms with E-state index in [4.69, 9.17) is 4.74 Å². The molecule has 2 heterocycles. The van der Waals surface area contributed by atoms with E-state index in [2.05, 4.69) is 4.98 Å². The van der Waals surface area contributed by atoms with Gasteiger partial charge in [0.15, 0.2) is 11.4 Å². The molecule has 0 amide bonds. The predicted molar refractivity (Wildman–Crippen MR) is 75.4 cm³/mol. The monoisotopic (exact) mass is 288 g/mol. The van der Waals surface area contributed by atoms with E-state index in [1.54, 1.807) is 6.07 Å². The highest BCUT2D eigenvalue weighted by Crippen LogP contribution is 2.23. The molecule has 108 valence electrons. The van der Waals surface area contributed by atoms with Gasteiger partial charge in [-0.05, 0) is 37.6 Å². The number of imidazole rings is 1. The van der Waals surface area contributed by atoms with Crippen LogP contribution in [0, 0.1) is 25.5 Å². The molecule has 0 unspecified atom stereocenters. The van der Waals surface area contributed by atoms with Crippen LogP contribution < -0.4 is 4.74 Å². The number of aryl methyl sites for hydroxylation is 2. The van der Waals surface area contributed by atoms with Gasteiger partial charge >= 0.3 is 0 Å². The first kappa shape index (κ1) is 13.5. The van der Waals surface area contributed by atoms with E-state index in [-0.39, 0.29) is 12.2 Å². The van der Waals surface area contributed by atoms with E-state index in [1.165, 1.54) is 18.2 Å². The molecule has 3 aromatic rings. The lowest BCUT2D eigenvalue weighted by molar-refractivity contribution is 0.294.